The van der Waals surface area contributed by atoms with Crippen molar-refractivity contribution in [3.05, 3.63) is 0 Å². The Balaban J connectivity index is 4.48. The minimum absolute atomic E-state index is 0.0792. The molecule has 1 amide bonds. The van der Waals surface area contributed by atoms with Gasteiger partial charge in [0.25, 0.3) is 0 Å². The van der Waals surface area contributed by atoms with E-state index in [0.29, 0.717) is 19.6 Å². The van der Waals surface area contributed by atoms with E-state index in [0.717, 1.165) is 12.8 Å². The molecule has 28 heavy (non-hydrogen) atoms. The van der Waals surface area contributed by atoms with E-state index in [9.17, 15) is 14.2 Å². The van der Waals surface area contributed by atoms with E-state index in [4.69, 9.17) is 9.26 Å². The molecule has 166 valence electrons. The lowest BCUT2D eigenvalue weighted by Gasteiger charge is -2.25. The monoisotopic (exact) mass is 419 g/mol. The van der Waals surface area contributed by atoms with Gasteiger partial charge in [0.15, 0.2) is 0 Å². The first kappa shape index (κ1) is 27.1. The summed E-state index contributed by atoms with van der Waals surface area (Å²) >= 11 is 0. The van der Waals surface area contributed by atoms with Crippen molar-refractivity contribution in [3.8, 4) is 0 Å². The number of carbonyl (C=O) groups is 2. The quantitative estimate of drug-likeness (QED) is 0.226. The molecule has 0 radical (unpaired) electrons. The molecule has 0 fully saturated rings. The van der Waals surface area contributed by atoms with Gasteiger partial charge in [0.1, 0.15) is 5.60 Å². The highest BCUT2D eigenvalue weighted by Gasteiger charge is 2.31. The third kappa shape index (κ3) is 15.1. The van der Waals surface area contributed by atoms with Gasteiger partial charge in [-0.1, -0.05) is 39.0 Å². The van der Waals surface area contributed by atoms with Crippen LogP contribution in [0.1, 0.15) is 86.0 Å². The Hall–Kier alpha value is -0.870. The van der Waals surface area contributed by atoms with Gasteiger partial charge in [-0.25, -0.2) is 0 Å². The fourth-order valence-electron chi connectivity index (χ4n) is 2.92. The Morgan fingerprint density at radius 3 is 2.21 bits per heavy atom. The maximum atomic E-state index is 12.5. The minimum atomic E-state index is -2.90. The van der Waals surface area contributed by atoms with Crippen molar-refractivity contribution in [1.29, 1.82) is 0 Å². The Labute approximate surface area is 172 Å². The Bertz CT molecular complexity index is 502. The summed E-state index contributed by atoms with van der Waals surface area (Å²) < 4.78 is 23.3. The number of rotatable bonds is 15. The van der Waals surface area contributed by atoms with Crippen LogP contribution in [0.4, 0.5) is 0 Å². The van der Waals surface area contributed by atoms with Gasteiger partial charge < -0.3 is 14.6 Å². The predicted octanol–water partition coefficient (Wildman–Crippen LogP) is 5.15. The molecule has 0 aliphatic heterocycles. The molecule has 0 aliphatic carbocycles. The highest BCUT2D eigenvalue weighted by atomic mass is 31.2. The van der Waals surface area contributed by atoms with Crippen molar-refractivity contribution in [2.75, 3.05) is 26.0 Å². The van der Waals surface area contributed by atoms with Crippen molar-refractivity contribution in [2.24, 2.45) is 5.92 Å². The molecule has 0 spiro atoms. The number of nitrogens with one attached hydrogen (secondary N) is 1. The second-order valence-electron chi connectivity index (χ2n) is 8.50. The van der Waals surface area contributed by atoms with Gasteiger partial charge in [-0.3, -0.25) is 14.2 Å². The lowest BCUT2D eigenvalue weighted by atomic mass is 10.0. The predicted molar refractivity (Wildman–Crippen MR) is 115 cm³/mol. The van der Waals surface area contributed by atoms with Crippen molar-refractivity contribution in [1.82, 2.24) is 5.32 Å². The molecular formula is C21H42NO5P. The smallest absolute Gasteiger partial charge is 0.310 e. The molecule has 2 atom stereocenters. The largest absolute Gasteiger partial charge is 0.460 e. The van der Waals surface area contributed by atoms with Gasteiger partial charge >= 0.3 is 5.97 Å². The number of carbonyl (C=O) groups excluding carboxylic acids is 2. The molecule has 0 saturated heterocycles. The first-order valence-electron chi connectivity index (χ1n) is 10.7. The fourth-order valence-corrected chi connectivity index (χ4v) is 4.71. The summed E-state index contributed by atoms with van der Waals surface area (Å²) in [5.41, 5.74) is -0.626. The number of unbranched alkanes of at least 4 members (excludes halogenated alkanes) is 5. The topological polar surface area (TPSA) is 81.7 Å². The second kappa shape index (κ2) is 14.2. The van der Waals surface area contributed by atoms with Crippen LogP contribution in [0.25, 0.3) is 0 Å². The Kier molecular flexibility index (Phi) is 13.7. The summed E-state index contributed by atoms with van der Waals surface area (Å²) in [5, 5.41) is 2.91. The molecule has 0 aliphatic rings. The Morgan fingerprint density at radius 2 is 1.64 bits per heavy atom. The summed E-state index contributed by atoms with van der Waals surface area (Å²) in [4.78, 5) is 24.6. The number of esters is 1. The summed E-state index contributed by atoms with van der Waals surface area (Å²) in [6.07, 6.45) is 7.65. The molecule has 0 aromatic heterocycles. The van der Waals surface area contributed by atoms with Gasteiger partial charge in [0, 0.05) is 25.8 Å². The number of hydrogen-bond donors (Lipinski definition) is 1. The van der Waals surface area contributed by atoms with Crippen molar-refractivity contribution < 1.29 is 23.4 Å². The Morgan fingerprint density at radius 1 is 1.04 bits per heavy atom. The highest BCUT2D eigenvalue weighted by Crippen LogP contribution is 2.45. The van der Waals surface area contributed by atoms with E-state index >= 15 is 0 Å². The molecule has 0 saturated carbocycles. The van der Waals surface area contributed by atoms with Crippen LogP contribution in [0.15, 0.2) is 0 Å². The third-order valence-electron chi connectivity index (χ3n) is 4.27. The lowest BCUT2D eigenvalue weighted by molar-refractivity contribution is -0.159. The molecule has 0 aromatic carbocycles. The zero-order valence-electron chi connectivity index (χ0n) is 18.8. The molecular weight excluding hydrogens is 377 g/mol. The summed E-state index contributed by atoms with van der Waals surface area (Å²) in [5.74, 6) is -1.11. The van der Waals surface area contributed by atoms with Crippen LogP contribution in [0.3, 0.4) is 0 Å². The van der Waals surface area contributed by atoms with Crippen LogP contribution in [-0.2, 0) is 23.4 Å². The van der Waals surface area contributed by atoms with Crippen LogP contribution in [0.5, 0.6) is 0 Å². The van der Waals surface area contributed by atoms with E-state index in [-0.39, 0.29) is 18.5 Å². The number of ether oxygens (including phenoxy) is 1. The minimum Gasteiger partial charge on any atom is -0.460 e. The van der Waals surface area contributed by atoms with Crippen LogP contribution >= 0.6 is 7.37 Å². The average molecular weight is 420 g/mol. The standard InChI is InChI=1S/C21H42NO5P/c1-7-9-10-11-12-13-16-22-19(23)15-14-18(17-28(6,25)26-8-2)20(24)27-21(3,4)5/h18H,7-17H2,1-6H3,(H,22,23). The number of amides is 1. The van der Waals surface area contributed by atoms with Crippen molar-refractivity contribution >= 4 is 19.2 Å². The summed E-state index contributed by atoms with van der Waals surface area (Å²) in [6.45, 7) is 11.9. The van der Waals surface area contributed by atoms with E-state index < -0.39 is 24.9 Å². The maximum absolute atomic E-state index is 12.5. The molecule has 2 unspecified atom stereocenters. The number of hydrogen-bond acceptors (Lipinski definition) is 5. The fraction of sp³-hybridized carbons (Fsp3) is 0.905. The molecule has 6 nitrogen and oxygen atoms in total. The first-order valence-corrected chi connectivity index (χ1v) is 13.0. The lowest BCUT2D eigenvalue weighted by Crippen LogP contribution is -2.32. The second-order valence-corrected chi connectivity index (χ2v) is 11.2. The van der Waals surface area contributed by atoms with E-state index in [1.807, 2.05) is 0 Å². The SMILES string of the molecule is CCCCCCCCNC(=O)CCC(CP(C)(=O)OCC)C(=O)OC(C)(C)C. The van der Waals surface area contributed by atoms with Crippen LogP contribution in [0.2, 0.25) is 0 Å². The van der Waals surface area contributed by atoms with Gasteiger partial charge in [0.05, 0.1) is 12.5 Å². The van der Waals surface area contributed by atoms with Crippen LogP contribution in [0, 0.1) is 5.92 Å². The van der Waals surface area contributed by atoms with Gasteiger partial charge in [-0.05, 0) is 40.5 Å². The van der Waals surface area contributed by atoms with Crippen LogP contribution < -0.4 is 5.32 Å². The third-order valence-corrected chi connectivity index (χ3v) is 6.18. The average Bonchev–Trinajstić information content (AvgIpc) is 2.56. The highest BCUT2D eigenvalue weighted by molar-refractivity contribution is 7.58. The summed E-state index contributed by atoms with van der Waals surface area (Å²) in [7, 11) is -2.90. The molecule has 0 rings (SSSR count). The molecule has 7 heteroatoms. The zero-order valence-corrected chi connectivity index (χ0v) is 19.7. The van der Waals surface area contributed by atoms with Gasteiger partial charge in [-0.15, -0.1) is 0 Å². The van der Waals surface area contributed by atoms with E-state index in [1.165, 1.54) is 32.3 Å². The maximum Gasteiger partial charge on any atom is 0.310 e. The first-order chi connectivity index (χ1) is 13.0. The normalized spacial score (nSPS) is 14.9. The van der Waals surface area contributed by atoms with Gasteiger partial charge in [0.2, 0.25) is 13.3 Å². The molecule has 0 bridgehead atoms. The van der Waals surface area contributed by atoms with Crippen LogP contribution in [-0.4, -0.2) is 43.5 Å². The molecule has 0 heterocycles. The van der Waals surface area contributed by atoms with Crippen molar-refractivity contribution in [3.63, 3.8) is 0 Å². The van der Waals surface area contributed by atoms with E-state index in [2.05, 4.69) is 12.2 Å². The van der Waals surface area contributed by atoms with E-state index in [1.54, 1.807) is 27.7 Å². The molecule has 1 N–H and O–H groups in total. The van der Waals surface area contributed by atoms with Crippen molar-refractivity contribution in [2.45, 2.75) is 91.6 Å². The van der Waals surface area contributed by atoms with Gasteiger partial charge in [-0.2, -0.15) is 0 Å². The molecule has 0 aromatic rings. The zero-order chi connectivity index (χ0) is 21.6. The summed E-state index contributed by atoms with van der Waals surface area (Å²) in [6, 6.07) is 0.